The first-order chi connectivity index (χ1) is 8.81. The number of carbonyl (C=O) groups excluding carboxylic acids is 1. The van der Waals surface area contributed by atoms with Gasteiger partial charge < -0.3 is 15.0 Å². The summed E-state index contributed by atoms with van der Waals surface area (Å²) in [6.45, 7) is 7.03. The fourth-order valence-electron chi connectivity index (χ4n) is 1.77. The van der Waals surface area contributed by atoms with Gasteiger partial charge in [0.25, 0.3) is 5.91 Å². The van der Waals surface area contributed by atoms with Crippen molar-refractivity contribution in [1.29, 1.82) is 0 Å². The van der Waals surface area contributed by atoms with Crippen LogP contribution in [0, 0.1) is 0 Å². The van der Waals surface area contributed by atoms with Crippen LogP contribution in [0.4, 0.5) is 5.82 Å². The van der Waals surface area contributed by atoms with E-state index in [9.17, 15) is 4.79 Å². The summed E-state index contributed by atoms with van der Waals surface area (Å²) in [5, 5.41) is 2.72. The Morgan fingerprint density at radius 3 is 3.00 bits per heavy atom. The van der Waals surface area contributed by atoms with E-state index in [4.69, 9.17) is 4.74 Å². The number of aromatic nitrogens is 1. The van der Waals surface area contributed by atoms with Crippen LogP contribution in [0.3, 0.4) is 0 Å². The molecule has 1 N–H and O–H groups in total. The van der Waals surface area contributed by atoms with Crippen LogP contribution in [0.15, 0.2) is 30.9 Å². The monoisotopic (exact) mass is 247 g/mol. The molecule has 0 spiro atoms. The zero-order valence-electron chi connectivity index (χ0n) is 10.3. The van der Waals surface area contributed by atoms with Crippen LogP contribution in [-0.4, -0.2) is 43.7 Å². The molecule has 1 aromatic rings. The normalized spacial score (nSPS) is 15.2. The second-order valence-electron chi connectivity index (χ2n) is 3.98. The van der Waals surface area contributed by atoms with Crippen molar-refractivity contribution in [2.45, 2.75) is 0 Å². The van der Waals surface area contributed by atoms with Crippen LogP contribution >= 0.6 is 0 Å². The van der Waals surface area contributed by atoms with E-state index in [1.807, 2.05) is 12.1 Å². The summed E-state index contributed by atoms with van der Waals surface area (Å²) < 4.78 is 5.29. The van der Waals surface area contributed by atoms with Gasteiger partial charge in [0.05, 0.1) is 13.2 Å². The van der Waals surface area contributed by atoms with Crippen molar-refractivity contribution in [1.82, 2.24) is 10.3 Å². The van der Waals surface area contributed by atoms with Gasteiger partial charge in [-0.25, -0.2) is 4.98 Å². The van der Waals surface area contributed by atoms with E-state index in [0.29, 0.717) is 25.5 Å². The van der Waals surface area contributed by atoms with E-state index in [2.05, 4.69) is 21.8 Å². The molecular formula is C13H17N3O2. The van der Waals surface area contributed by atoms with Gasteiger partial charge in [-0.05, 0) is 12.1 Å². The molecule has 1 fully saturated rings. The van der Waals surface area contributed by atoms with E-state index in [1.165, 1.54) is 0 Å². The minimum absolute atomic E-state index is 0.176. The van der Waals surface area contributed by atoms with Crippen molar-refractivity contribution in [2.75, 3.05) is 37.7 Å². The molecule has 2 heterocycles. The van der Waals surface area contributed by atoms with Gasteiger partial charge in [-0.15, -0.1) is 6.58 Å². The fraction of sp³-hybridized carbons (Fsp3) is 0.385. The third kappa shape index (κ3) is 3.07. The van der Waals surface area contributed by atoms with Gasteiger partial charge >= 0.3 is 0 Å². The van der Waals surface area contributed by atoms with Crippen molar-refractivity contribution in [2.24, 2.45) is 0 Å². The van der Waals surface area contributed by atoms with Gasteiger partial charge in [0, 0.05) is 19.6 Å². The van der Waals surface area contributed by atoms with Gasteiger partial charge in [-0.2, -0.15) is 0 Å². The molecule has 2 rings (SSSR count). The van der Waals surface area contributed by atoms with E-state index >= 15 is 0 Å². The summed E-state index contributed by atoms with van der Waals surface area (Å²) in [7, 11) is 0. The topological polar surface area (TPSA) is 54.5 Å². The first-order valence-corrected chi connectivity index (χ1v) is 6.00. The molecule has 1 amide bonds. The van der Waals surface area contributed by atoms with E-state index in [-0.39, 0.29) is 5.91 Å². The number of carbonyl (C=O) groups is 1. The number of ether oxygens (including phenoxy) is 1. The predicted molar refractivity (Wildman–Crippen MR) is 69.8 cm³/mol. The third-order valence-corrected chi connectivity index (χ3v) is 2.71. The Morgan fingerprint density at radius 2 is 2.28 bits per heavy atom. The second-order valence-corrected chi connectivity index (χ2v) is 3.98. The summed E-state index contributed by atoms with van der Waals surface area (Å²) in [6.07, 6.45) is 1.64. The molecule has 0 radical (unpaired) electrons. The third-order valence-electron chi connectivity index (χ3n) is 2.71. The molecule has 1 aromatic heterocycles. The molecule has 96 valence electrons. The van der Waals surface area contributed by atoms with Crippen LogP contribution in [0.2, 0.25) is 0 Å². The van der Waals surface area contributed by atoms with Crippen molar-refractivity contribution in [3.63, 3.8) is 0 Å². The maximum Gasteiger partial charge on any atom is 0.270 e. The molecule has 0 atom stereocenters. The summed E-state index contributed by atoms with van der Waals surface area (Å²) >= 11 is 0. The number of morpholine rings is 1. The SMILES string of the molecule is C=CCNC(=O)c1cccc(N2CCOCC2)n1. The molecule has 0 bridgehead atoms. The summed E-state index contributed by atoms with van der Waals surface area (Å²) in [5.74, 6) is 0.648. The maximum atomic E-state index is 11.8. The van der Waals surface area contributed by atoms with Gasteiger partial charge in [0.2, 0.25) is 0 Å². The minimum atomic E-state index is -0.176. The maximum absolute atomic E-state index is 11.8. The van der Waals surface area contributed by atoms with Crippen LogP contribution in [-0.2, 0) is 4.74 Å². The van der Waals surface area contributed by atoms with Gasteiger partial charge in [-0.1, -0.05) is 12.1 Å². The van der Waals surface area contributed by atoms with Crippen LogP contribution < -0.4 is 10.2 Å². The number of anilines is 1. The van der Waals surface area contributed by atoms with E-state index < -0.39 is 0 Å². The molecule has 0 saturated carbocycles. The Labute approximate surface area is 106 Å². The average molecular weight is 247 g/mol. The molecule has 5 nitrogen and oxygen atoms in total. The standard InChI is InChI=1S/C13H17N3O2/c1-2-6-14-13(17)11-4-3-5-12(15-11)16-7-9-18-10-8-16/h2-5H,1,6-10H2,(H,14,17). The van der Waals surface area contributed by atoms with Gasteiger partial charge in [0.15, 0.2) is 0 Å². The first-order valence-electron chi connectivity index (χ1n) is 6.00. The quantitative estimate of drug-likeness (QED) is 0.801. The molecule has 5 heteroatoms. The van der Waals surface area contributed by atoms with E-state index in [1.54, 1.807) is 12.1 Å². The van der Waals surface area contributed by atoms with Gasteiger partial charge in [-0.3, -0.25) is 4.79 Å². The van der Waals surface area contributed by atoms with Crippen molar-refractivity contribution in [3.8, 4) is 0 Å². The number of rotatable bonds is 4. The molecule has 1 aliphatic rings. The molecule has 0 unspecified atom stereocenters. The number of pyridine rings is 1. The lowest BCUT2D eigenvalue weighted by Crippen LogP contribution is -2.37. The van der Waals surface area contributed by atoms with Crippen LogP contribution in [0.25, 0.3) is 0 Å². The fourth-order valence-corrected chi connectivity index (χ4v) is 1.77. The molecule has 0 aromatic carbocycles. The zero-order valence-corrected chi connectivity index (χ0v) is 10.3. The number of amides is 1. The molecular weight excluding hydrogens is 230 g/mol. The lowest BCUT2D eigenvalue weighted by Gasteiger charge is -2.27. The minimum Gasteiger partial charge on any atom is -0.378 e. The highest BCUT2D eigenvalue weighted by atomic mass is 16.5. The molecule has 1 saturated heterocycles. The predicted octanol–water partition coefficient (Wildman–Crippen LogP) is 0.834. The molecule has 18 heavy (non-hydrogen) atoms. The Morgan fingerprint density at radius 1 is 1.50 bits per heavy atom. The molecule has 0 aliphatic carbocycles. The van der Waals surface area contributed by atoms with Crippen LogP contribution in [0.5, 0.6) is 0 Å². The Balaban J connectivity index is 2.08. The number of nitrogens with zero attached hydrogens (tertiary/aromatic N) is 2. The summed E-state index contributed by atoms with van der Waals surface area (Å²) in [6, 6.07) is 5.47. The zero-order chi connectivity index (χ0) is 12.8. The highest BCUT2D eigenvalue weighted by molar-refractivity contribution is 5.92. The Kier molecular flexibility index (Phi) is 4.30. The largest absolute Gasteiger partial charge is 0.378 e. The van der Waals surface area contributed by atoms with Crippen molar-refractivity contribution < 1.29 is 9.53 Å². The average Bonchev–Trinajstić information content (AvgIpc) is 2.46. The summed E-state index contributed by atoms with van der Waals surface area (Å²) in [5.41, 5.74) is 0.431. The lowest BCUT2D eigenvalue weighted by atomic mass is 10.3. The van der Waals surface area contributed by atoms with Crippen molar-refractivity contribution >= 4 is 11.7 Å². The highest BCUT2D eigenvalue weighted by Gasteiger charge is 2.14. The van der Waals surface area contributed by atoms with Crippen LogP contribution in [0.1, 0.15) is 10.5 Å². The highest BCUT2D eigenvalue weighted by Crippen LogP contribution is 2.13. The second kappa shape index (κ2) is 6.16. The first kappa shape index (κ1) is 12.6. The number of hydrogen-bond acceptors (Lipinski definition) is 4. The molecule has 1 aliphatic heterocycles. The Hall–Kier alpha value is -1.88. The summed E-state index contributed by atoms with van der Waals surface area (Å²) in [4.78, 5) is 18.3. The number of hydrogen-bond donors (Lipinski definition) is 1. The van der Waals surface area contributed by atoms with Gasteiger partial charge in [0.1, 0.15) is 11.5 Å². The lowest BCUT2D eigenvalue weighted by molar-refractivity contribution is 0.0953. The van der Waals surface area contributed by atoms with Crippen molar-refractivity contribution in [3.05, 3.63) is 36.5 Å². The smallest absolute Gasteiger partial charge is 0.270 e. The number of nitrogens with one attached hydrogen (secondary N) is 1. The van der Waals surface area contributed by atoms with E-state index in [0.717, 1.165) is 18.9 Å². The Bertz CT molecular complexity index is 428.